The average Bonchev–Trinajstić information content (AvgIpc) is 1.49. The lowest BCUT2D eigenvalue weighted by molar-refractivity contribution is 0.506. The van der Waals surface area contributed by atoms with Crippen LogP contribution in [0.25, 0.3) is 145 Å². The molecule has 0 N–H and O–H groups in total. The standard InChI is InChI=1S/C126H77N5O2S2/c1-5-30-80(31-6-1)127(81-32-7-2-8-33-81)86-66-70-106-100(74-86)90-38-13-20-48-104(90)125(106)108-72-67-87(77-103(108)119-98-44-17-24-55-115(98)132-123(119)125)128(88-69-73-110-102(76-88)92-40-15-22-50-109(92)130(110)82-34-9-3-10-35-82)84-62-58-78(59-63-84)79-60-64-85(65-61-79)129(112-52-27-45-95-93-41-18-25-56-116(93)134-121(95)112)89-68-71-107-101(75-89)91-39-14-21-49-105(91)126(107)120-99(118-97-43-16-23-54-114(97)133-124(118)126)47-29-51-111(120)131(83-36-11-4-12-37-83)113-53-28-46-96-94-42-19-26-57-117(94)135-122(96)113/h1-77H. The molecule has 0 saturated heterocycles. The molecule has 20 aromatic carbocycles. The summed E-state index contributed by atoms with van der Waals surface area (Å²) in [6.45, 7) is 0. The van der Waals surface area contributed by atoms with E-state index >= 15 is 0 Å². The first kappa shape index (κ1) is 75.7. The van der Waals surface area contributed by atoms with Crippen LogP contribution in [0, 0.1) is 0 Å². The van der Waals surface area contributed by atoms with E-state index in [0.29, 0.717) is 0 Å². The summed E-state index contributed by atoms with van der Waals surface area (Å²) in [6.07, 6.45) is 0. The summed E-state index contributed by atoms with van der Waals surface area (Å²) in [5.41, 5.74) is 34.9. The molecule has 2 spiro atoms. The minimum atomic E-state index is -0.892. The van der Waals surface area contributed by atoms with Crippen LogP contribution in [0.3, 0.4) is 0 Å². The Bertz CT molecular complexity index is 9190. The molecule has 4 aliphatic rings. The predicted molar refractivity (Wildman–Crippen MR) is 563 cm³/mol. The Balaban J connectivity index is 0.585. The molecule has 630 valence electrons. The lowest BCUT2D eigenvalue weighted by Gasteiger charge is -2.35. The fourth-order valence-corrected chi connectivity index (χ4v) is 26.0. The van der Waals surface area contributed by atoms with Crippen molar-refractivity contribution in [1.29, 1.82) is 0 Å². The fraction of sp³-hybridized carbons (Fsp3) is 0.0159. The molecule has 0 saturated carbocycles. The zero-order valence-corrected chi connectivity index (χ0v) is 74.5. The van der Waals surface area contributed by atoms with Gasteiger partial charge < -0.3 is 33.0 Å². The molecule has 5 aromatic heterocycles. The van der Waals surface area contributed by atoms with E-state index in [0.717, 1.165) is 152 Å². The molecule has 4 aliphatic carbocycles. The Labute approximate surface area is 786 Å². The average molecular weight is 1760 g/mol. The van der Waals surface area contributed by atoms with Crippen LogP contribution >= 0.6 is 22.7 Å². The molecule has 0 amide bonds. The molecule has 9 heteroatoms. The van der Waals surface area contributed by atoms with Gasteiger partial charge in [0.1, 0.15) is 33.5 Å². The van der Waals surface area contributed by atoms with Crippen molar-refractivity contribution in [3.8, 4) is 61.3 Å². The van der Waals surface area contributed by atoms with Gasteiger partial charge >= 0.3 is 0 Å². The number of hydrogen-bond acceptors (Lipinski definition) is 8. The van der Waals surface area contributed by atoms with E-state index in [4.69, 9.17) is 8.83 Å². The summed E-state index contributed by atoms with van der Waals surface area (Å²) in [5, 5.41) is 9.53. The van der Waals surface area contributed by atoms with Crippen molar-refractivity contribution < 1.29 is 8.83 Å². The fourth-order valence-electron chi connectivity index (χ4n) is 23.6. The number of benzene rings is 20. The van der Waals surface area contributed by atoms with Gasteiger partial charge in [-0.1, -0.05) is 291 Å². The van der Waals surface area contributed by atoms with Crippen molar-refractivity contribution in [2.75, 3.05) is 19.6 Å². The maximum absolute atomic E-state index is 7.60. The minimum Gasteiger partial charge on any atom is -0.459 e. The lowest BCUT2D eigenvalue weighted by Crippen LogP contribution is -2.28. The first-order chi connectivity index (χ1) is 67.0. The van der Waals surface area contributed by atoms with Gasteiger partial charge in [-0.05, 0) is 248 Å². The molecule has 29 rings (SSSR count). The highest BCUT2D eigenvalue weighted by Crippen LogP contribution is 2.70. The molecule has 25 aromatic rings. The summed E-state index contributed by atoms with van der Waals surface area (Å²) < 4.78 is 22.5. The van der Waals surface area contributed by atoms with Gasteiger partial charge in [0.15, 0.2) is 0 Å². The predicted octanol–water partition coefficient (Wildman–Crippen LogP) is 35.2. The summed E-state index contributed by atoms with van der Waals surface area (Å²) in [5.74, 6) is 1.89. The highest BCUT2D eigenvalue weighted by molar-refractivity contribution is 7.27. The van der Waals surface area contributed by atoms with E-state index in [9.17, 15) is 0 Å². The maximum Gasteiger partial charge on any atom is 0.135 e. The number of aromatic nitrogens is 1. The normalized spacial score (nSPS) is 14.6. The van der Waals surface area contributed by atoms with Crippen molar-refractivity contribution in [2.24, 2.45) is 0 Å². The van der Waals surface area contributed by atoms with Crippen molar-refractivity contribution in [3.05, 3.63) is 512 Å². The van der Waals surface area contributed by atoms with Crippen LogP contribution in [-0.4, -0.2) is 4.57 Å². The number of nitrogens with zero attached hydrogens (tertiary/aromatic N) is 5. The largest absolute Gasteiger partial charge is 0.459 e. The molecule has 0 fully saturated rings. The van der Waals surface area contributed by atoms with Gasteiger partial charge in [0.2, 0.25) is 0 Å². The number of hydrogen-bond donors (Lipinski definition) is 0. The van der Waals surface area contributed by atoms with E-state index in [1.165, 1.54) is 107 Å². The lowest BCUT2D eigenvalue weighted by atomic mass is 9.72. The van der Waals surface area contributed by atoms with Crippen LogP contribution in [0.4, 0.5) is 68.2 Å². The smallest absolute Gasteiger partial charge is 0.135 e. The summed E-state index contributed by atoms with van der Waals surface area (Å²) in [6, 6.07) is 173. The molecular formula is C126H77N5O2S2. The van der Waals surface area contributed by atoms with Crippen molar-refractivity contribution in [1.82, 2.24) is 4.57 Å². The van der Waals surface area contributed by atoms with Crippen molar-refractivity contribution in [3.63, 3.8) is 0 Å². The highest BCUT2D eigenvalue weighted by Gasteiger charge is 2.58. The molecule has 0 radical (unpaired) electrons. The molecule has 135 heavy (non-hydrogen) atoms. The van der Waals surface area contributed by atoms with Gasteiger partial charge in [0, 0.05) is 126 Å². The Kier molecular flexibility index (Phi) is 16.4. The number of anilines is 12. The Morgan fingerprint density at radius 3 is 1.16 bits per heavy atom. The molecule has 0 aliphatic heterocycles. The van der Waals surface area contributed by atoms with Gasteiger partial charge in [-0.2, -0.15) is 0 Å². The summed E-state index contributed by atoms with van der Waals surface area (Å²) in [4.78, 5) is 9.88. The second-order valence-corrected chi connectivity index (χ2v) is 38.0. The van der Waals surface area contributed by atoms with Gasteiger partial charge in [-0.15, -0.1) is 22.7 Å². The van der Waals surface area contributed by atoms with E-state index in [2.05, 4.69) is 491 Å². The van der Waals surface area contributed by atoms with Crippen molar-refractivity contribution >= 4 is 175 Å². The number of furan rings is 2. The van der Waals surface area contributed by atoms with E-state index < -0.39 is 10.8 Å². The molecule has 2 atom stereocenters. The molecule has 5 heterocycles. The van der Waals surface area contributed by atoms with Gasteiger partial charge in [0.25, 0.3) is 0 Å². The van der Waals surface area contributed by atoms with Crippen LogP contribution in [0.2, 0.25) is 0 Å². The van der Waals surface area contributed by atoms with Gasteiger partial charge in [-0.3, -0.25) is 0 Å². The van der Waals surface area contributed by atoms with Crippen LogP contribution in [0.5, 0.6) is 0 Å². The number of para-hydroxylation sites is 7. The van der Waals surface area contributed by atoms with Gasteiger partial charge in [-0.25, -0.2) is 0 Å². The zero-order chi connectivity index (χ0) is 88.3. The minimum absolute atomic E-state index is 0.781. The van der Waals surface area contributed by atoms with Crippen LogP contribution in [0.15, 0.2) is 476 Å². The third-order valence-corrected chi connectivity index (χ3v) is 31.5. The van der Waals surface area contributed by atoms with Gasteiger partial charge in [0.05, 0.1) is 37.5 Å². The number of fused-ring (bicyclic) bond motifs is 33. The Morgan fingerprint density at radius 2 is 0.578 bits per heavy atom. The Hall–Kier alpha value is -17.1. The monoisotopic (exact) mass is 1760 g/mol. The number of thiophene rings is 2. The topological polar surface area (TPSA) is 44.2 Å². The van der Waals surface area contributed by atoms with E-state index in [1.807, 2.05) is 22.7 Å². The zero-order valence-electron chi connectivity index (χ0n) is 72.8. The molecular weight excluding hydrogens is 1680 g/mol. The highest BCUT2D eigenvalue weighted by atomic mass is 32.1. The first-order valence-corrected chi connectivity index (χ1v) is 47.9. The molecule has 2 unspecified atom stereocenters. The van der Waals surface area contributed by atoms with E-state index in [1.54, 1.807) is 0 Å². The molecule has 7 nitrogen and oxygen atoms in total. The third kappa shape index (κ3) is 10.8. The van der Waals surface area contributed by atoms with E-state index in [-0.39, 0.29) is 0 Å². The first-order valence-electron chi connectivity index (χ1n) is 46.2. The van der Waals surface area contributed by atoms with Crippen molar-refractivity contribution in [2.45, 2.75) is 10.8 Å². The third-order valence-electron chi connectivity index (χ3n) is 29.1. The molecule has 0 bridgehead atoms. The second kappa shape index (κ2) is 29.2. The SMILES string of the molecule is c1ccc(N(c2ccccc2)c2ccc3c(c2)-c2ccccc2C32c3ccc(N(c4ccc(-c5ccc(N(c6ccc7c(c6)-c6ccccc6C76c7oc8ccccc8c7-c7cccc(N(c8ccccc8)c8cccc9c8sc8ccccc89)c76)c6cccc7c6sc6ccccc67)cc5)cc4)c4ccc5c(c4)c4ccccc4n5-c4ccccc4)cc3-c3c2oc2ccccc32)cc1. The summed E-state index contributed by atoms with van der Waals surface area (Å²) >= 11 is 3.72. The second-order valence-electron chi connectivity index (χ2n) is 35.9. The van der Waals surface area contributed by atoms with Crippen LogP contribution < -0.4 is 19.6 Å². The van der Waals surface area contributed by atoms with Crippen LogP contribution in [-0.2, 0) is 10.8 Å². The van der Waals surface area contributed by atoms with Crippen LogP contribution in [0.1, 0.15) is 44.9 Å². The Morgan fingerprint density at radius 1 is 0.215 bits per heavy atom. The maximum atomic E-state index is 7.60. The quantitative estimate of drug-likeness (QED) is 0.108. The summed E-state index contributed by atoms with van der Waals surface area (Å²) in [7, 11) is 0. The number of rotatable bonds is 14.